The number of nitrogens with zero attached hydrogens (tertiary/aromatic N) is 3. The molecule has 156 valence electrons. The van der Waals surface area contributed by atoms with Crippen molar-refractivity contribution in [1.82, 2.24) is 15.0 Å². The second-order valence-corrected chi connectivity index (χ2v) is 7.70. The fraction of sp³-hybridized carbons (Fsp3) is 0.318. The van der Waals surface area contributed by atoms with Gasteiger partial charge in [-0.1, -0.05) is 47.1 Å². The van der Waals surface area contributed by atoms with Crippen LogP contribution in [0, 0.1) is 5.92 Å². The molecule has 1 aliphatic heterocycles. The molecule has 2 aromatic carbocycles. The number of carbonyl (C=O) groups is 1. The molecule has 30 heavy (non-hydrogen) atoms. The number of rotatable bonds is 6. The van der Waals surface area contributed by atoms with Gasteiger partial charge in [0, 0.05) is 17.8 Å². The monoisotopic (exact) mass is 426 g/mol. The molecule has 1 aromatic heterocycles. The second-order valence-electron chi connectivity index (χ2n) is 7.29. The van der Waals surface area contributed by atoms with Gasteiger partial charge in [0.2, 0.25) is 17.6 Å². The molecule has 0 bridgehead atoms. The van der Waals surface area contributed by atoms with E-state index in [0.717, 1.165) is 24.9 Å². The number of amides is 1. The van der Waals surface area contributed by atoms with Crippen LogP contribution in [0.1, 0.15) is 18.7 Å². The number of aromatic nitrogens is 2. The maximum atomic E-state index is 12.8. The van der Waals surface area contributed by atoms with Gasteiger partial charge >= 0.3 is 0 Å². The van der Waals surface area contributed by atoms with Crippen LogP contribution < -0.4 is 10.1 Å². The first kappa shape index (κ1) is 20.4. The van der Waals surface area contributed by atoms with Gasteiger partial charge in [0.05, 0.1) is 24.6 Å². The maximum Gasteiger partial charge on any atom is 0.241 e. The molecule has 1 aliphatic rings. The molecule has 1 saturated heterocycles. The van der Waals surface area contributed by atoms with Crippen molar-refractivity contribution in [3.63, 3.8) is 0 Å². The molecule has 1 N–H and O–H groups in total. The number of ether oxygens (including phenoxy) is 1. The first-order valence-electron chi connectivity index (χ1n) is 9.87. The Bertz CT molecular complexity index is 1010. The summed E-state index contributed by atoms with van der Waals surface area (Å²) >= 11 is 6.15. The van der Waals surface area contributed by atoms with Crippen LogP contribution in [-0.4, -0.2) is 41.1 Å². The quantitative estimate of drug-likeness (QED) is 0.634. The second kappa shape index (κ2) is 9.28. The van der Waals surface area contributed by atoms with E-state index in [4.69, 9.17) is 20.9 Å². The highest BCUT2D eigenvalue weighted by Crippen LogP contribution is 2.28. The Labute approximate surface area is 180 Å². The minimum atomic E-state index is -0.115. The van der Waals surface area contributed by atoms with E-state index in [1.165, 1.54) is 0 Å². The smallest absolute Gasteiger partial charge is 0.241 e. The topological polar surface area (TPSA) is 80.5 Å². The molecule has 2 heterocycles. The molecule has 1 fully saturated rings. The summed E-state index contributed by atoms with van der Waals surface area (Å²) < 4.78 is 10.6. The van der Waals surface area contributed by atoms with Crippen LogP contribution in [0.25, 0.3) is 11.4 Å². The van der Waals surface area contributed by atoms with Gasteiger partial charge in [0.1, 0.15) is 5.75 Å². The summed E-state index contributed by atoms with van der Waals surface area (Å²) in [4.78, 5) is 19.4. The van der Waals surface area contributed by atoms with E-state index in [9.17, 15) is 4.79 Å². The Morgan fingerprint density at radius 1 is 1.30 bits per heavy atom. The van der Waals surface area contributed by atoms with Crippen LogP contribution in [0.3, 0.4) is 0 Å². The van der Waals surface area contributed by atoms with Crippen molar-refractivity contribution in [2.75, 3.05) is 25.5 Å². The van der Waals surface area contributed by atoms with Crippen molar-refractivity contribution >= 4 is 23.2 Å². The Morgan fingerprint density at radius 2 is 2.13 bits per heavy atom. The number of benzene rings is 2. The zero-order chi connectivity index (χ0) is 20.9. The van der Waals surface area contributed by atoms with Gasteiger partial charge in [-0.2, -0.15) is 4.98 Å². The molecular formula is C22H23ClN4O3. The predicted molar refractivity (Wildman–Crippen MR) is 114 cm³/mol. The highest BCUT2D eigenvalue weighted by Gasteiger charge is 2.27. The van der Waals surface area contributed by atoms with Crippen molar-refractivity contribution in [2.24, 2.45) is 5.92 Å². The van der Waals surface area contributed by atoms with Crippen LogP contribution in [0.15, 0.2) is 53.1 Å². The highest BCUT2D eigenvalue weighted by molar-refractivity contribution is 6.32. The minimum Gasteiger partial charge on any atom is -0.495 e. The molecule has 0 saturated carbocycles. The zero-order valence-electron chi connectivity index (χ0n) is 16.7. The Hall–Kier alpha value is -2.90. The van der Waals surface area contributed by atoms with Crippen LogP contribution in [0.2, 0.25) is 5.02 Å². The lowest BCUT2D eigenvalue weighted by Gasteiger charge is -2.30. The van der Waals surface area contributed by atoms with Gasteiger partial charge < -0.3 is 14.6 Å². The predicted octanol–water partition coefficient (Wildman–Crippen LogP) is 4.25. The van der Waals surface area contributed by atoms with Crippen LogP contribution in [0.4, 0.5) is 5.69 Å². The molecule has 0 radical (unpaired) electrons. The molecule has 3 aromatic rings. The number of hydrogen-bond donors (Lipinski definition) is 1. The van der Waals surface area contributed by atoms with E-state index in [2.05, 4.69) is 20.4 Å². The summed E-state index contributed by atoms with van der Waals surface area (Å²) in [5, 5.41) is 7.49. The average Bonchev–Trinajstić information content (AvgIpc) is 3.23. The summed E-state index contributed by atoms with van der Waals surface area (Å²) in [5.74, 6) is 1.57. The summed E-state index contributed by atoms with van der Waals surface area (Å²) in [6, 6.07) is 14.9. The Morgan fingerprint density at radius 3 is 2.90 bits per heavy atom. The number of methoxy groups -OCH3 is 1. The largest absolute Gasteiger partial charge is 0.495 e. The summed E-state index contributed by atoms with van der Waals surface area (Å²) in [6.45, 7) is 2.05. The third-order valence-electron chi connectivity index (χ3n) is 5.15. The van der Waals surface area contributed by atoms with Gasteiger partial charge in [-0.25, -0.2) is 0 Å². The van der Waals surface area contributed by atoms with Gasteiger partial charge in [-0.3, -0.25) is 9.69 Å². The Kier molecular flexibility index (Phi) is 6.30. The first-order valence-corrected chi connectivity index (χ1v) is 10.2. The molecule has 0 aliphatic carbocycles. The SMILES string of the molecule is COc1ccc(NC(=O)C2CCCN(Cc3nc(-c4ccccc4)no3)C2)cc1Cl. The van der Waals surface area contributed by atoms with Crippen molar-refractivity contribution in [3.05, 3.63) is 59.4 Å². The van der Waals surface area contributed by atoms with Gasteiger partial charge in [-0.05, 0) is 37.6 Å². The number of hydrogen-bond acceptors (Lipinski definition) is 6. The van der Waals surface area contributed by atoms with Gasteiger partial charge in [0.15, 0.2) is 0 Å². The molecule has 1 atom stereocenters. The number of halogens is 1. The number of nitrogens with one attached hydrogen (secondary N) is 1. The van der Waals surface area contributed by atoms with E-state index >= 15 is 0 Å². The van der Waals surface area contributed by atoms with Crippen molar-refractivity contribution in [2.45, 2.75) is 19.4 Å². The summed E-state index contributed by atoms with van der Waals surface area (Å²) in [6.07, 6.45) is 1.77. The lowest BCUT2D eigenvalue weighted by molar-refractivity contribution is -0.121. The molecule has 1 amide bonds. The molecule has 4 rings (SSSR count). The van der Waals surface area contributed by atoms with Crippen molar-refractivity contribution in [3.8, 4) is 17.1 Å². The third-order valence-corrected chi connectivity index (χ3v) is 5.45. The van der Waals surface area contributed by atoms with Gasteiger partial charge in [0.25, 0.3) is 0 Å². The van der Waals surface area contributed by atoms with E-state index < -0.39 is 0 Å². The normalized spacial score (nSPS) is 16.9. The molecule has 1 unspecified atom stereocenters. The van der Waals surface area contributed by atoms with Gasteiger partial charge in [-0.15, -0.1) is 0 Å². The first-order chi connectivity index (χ1) is 14.6. The zero-order valence-corrected chi connectivity index (χ0v) is 17.4. The lowest BCUT2D eigenvalue weighted by atomic mass is 9.97. The number of likely N-dealkylation sites (tertiary alicyclic amines) is 1. The average molecular weight is 427 g/mol. The molecule has 7 nitrogen and oxygen atoms in total. The fourth-order valence-electron chi connectivity index (χ4n) is 3.62. The summed E-state index contributed by atoms with van der Waals surface area (Å²) in [5.41, 5.74) is 1.58. The van der Waals surface area contributed by atoms with Crippen molar-refractivity contribution in [1.29, 1.82) is 0 Å². The molecule has 8 heteroatoms. The van der Waals surface area contributed by atoms with E-state index in [1.54, 1.807) is 25.3 Å². The molecule has 0 spiro atoms. The maximum absolute atomic E-state index is 12.8. The Balaban J connectivity index is 1.36. The van der Waals surface area contributed by atoms with Crippen LogP contribution >= 0.6 is 11.6 Å². The highest BCUT2D eigenvalue weighted by atomic mass is 35.5. The standard InChI is InChI=1S/C22H23ClN4O3/c1-29-19-10-9-17(12-18(19)23)24-22(28)16-8-5-11-27(13-16)14-20-25-21(26-30-20)15-6-3-2-4-7-15/h2-4,6-7,9-10,12,16H,5,8,11,13-14H2,1H3,(H,24,28). The molecular weight excluding hydrogens is 404 g/mol. The van der Waals surface area contributed by atoms with Crippen LogP contribution in [0.5, 0.6) is 5.75 Å². The van der Waals surface area contributed by atoms with E-state index in [1.807, 2.05) is 30.3 Å². The fourth-order valence-corrected chi connectivity index (χ4v) is 3.87. The third kappa shape index (κ3) is 4.80. The van der Waals surface area contributed by atoms with E-state index in [-0.39, 0.29) is 11.8 Å². The lowest BCUT2D eigenvalue weighted by Crippen LogP contribution is -2.40. The van der Waals surface area contributed by atoms with Crippen molar-refractivity contribution < 1.29 is 14.1 Å². The summed E-state index contributed by atoms with van der Waals surface area (Å²) in [7, 11) is 1.56. The van der Waals surface area contributed by atoms with E-state index in [0.29, 0.717) is 41.3 Å². The minimum absolute atomic E-state index is 0.0172. The van der Waals surface area contributed by atoms with Crippen LogP contribution in [-0.2, 0) is 11.3 Å². The number of carbonyl (C=O) groups excluding carboxylic acids is 1. The number of anilines is 1. The number of piperidine rings is 1.